The van der Waals surface area contributed by atoms with Crippen molar-refractivity contribution in [3.8, 4) is 5.75 Å². The summed E-state index contributed by atoms with van der Waals surface area (Å²) < 4.78 is 17.4. The Bertz CT molecular complexity index is 1340. The van der Waals surface area contributed by atoms with Crippen molar-refractivity contribution < 1.29 is 23.5 Å². The first-order valence-electron chi connectivity index (χ1n) is 14.4. The van der Waals surface area contributed by atoms with Gasteiger partial charge >= 0.3 is 5.97 Å². The van der Waals surface area contributed by atoms with Crippen molar-refractivity contribution in [3.05, 3.63) is 63.7 Å². The van der Waals surface area contributed by atoms with Crippen LogP contribution < -0.4 is 10.2 Å². The van der Waals surface area contributed by atoms with Crippen LogP contribution in [0.25, 0.3) is 0 Å². The Morgan fingerprint density at radius 1 is 1.00 bits per heavy atom. The predicted molar refractivity (Wildman–Crippen MR) is 151 cm³/mol. The summed E-state index contributed by atoms with van der Waals surface area (Å²) in [6.07, 6.45) is 3.42. The van der Waals surface area contributed by atoms with Crippen LogP contribution in [-0.4, -0.2) is 53.5 Å². The molecule has 8 heteroatoms. The molecule has 0 spiro atoms. The molecule has 3 heterocycles. The molecule has 216 valence electrons. The second-order valence-corrected chi connectivity index (χ2v) is 13.4. The summed E-state index contributed by atoms with van der Waals surface area (Å²) in [6, 6.07) is 9.71. The first-order valence-corrected chi connectivity index (χ1v) is 14.4. The Morgan fingerprint density at radius 3 is 2.33 bits per heavy atom. The molecule has 1 aromatic carbocycles. The fourth-order valence-electron chi connectivity index (χ4n) is 6.42. The molecule has 1 amide bonds. The molecule has 40 heavy (non-hydrogen) atoms. The van der Waals surface area contributed by atoms with Gasteiger partial charge in [0.2, 0.25) is 11.2 Å². The number of carbonyl (C=O) groups is 2. The molecule has 0 radical (unpaired) electrons. The molecule has 5 rings (SSSR count). The number of ether oxygens (including phenoxy) is 2. The van der Waals surface area contributed by atoms with E-state index in [4.69, 9.17) is 13.9 Å². The zero-order valence-corrected chi connectivity index (χ0v) is 24.7. The minimum Gasteiger partial charge on any atom is -0.482 e. The van der Waals surface area contributed by atoms with Gasteiger partial charge in [-0.1, -0.05) is 58.9 Å². The largest absolute Gasteiger partial charge is 0.482 e. The molecule has 2 saturated heterocycles. The van der Waals surface area contributed by atoms with Gasteiger partial charge in [-0.2, -0.15) is 0 Å². The first kappa shape index (κ1) is 28.4. The van der Waals surface area contributed by atoms with E-state index in [-0.39, 0.29) is 35.1 Å². The van der Waals surface area contributed by atoms with Crippen molar-refractivity contribution in [1.29, 1.82) is 0 Å². The van der Waals surface area contributed by atoms with Crippen LogP contribution in [0.15, 0.2) is 45.8 Å². The molecule has 2 bridgehead atoms. The van der Waals surface area contributed by atoms with E-state index in [2.05, 4.69) is 37.8 Å². The van der Waals surface area contributed by atoms with Crippen LogP contribution in [-0.2, 0) is 32.9 Å². The fourth-order valence-corrected chi connectivity index (χ4v) is 6.42. The third kappa shape index (κ3) is 4.74. The lowest BCUT2D eigenvalue weighted by molar-refractivity contribution is -0.174. The highest BCUT2D eigenvalue weighted by Crippen LogP contribution is 2.66. The highest BCUT2D eigenvalue weighted by Gasteiger charge is 2.76. The number of benzene rings is 1. The van der Waals surface area contributed by atoms with Crippen LogP contribution in [0.2, 0.25) is 0 Å². The Labute approximate surface area is 236 Å². The van der Waals surface area contributed by atoms with Gasteiger partial charge in [-0.3, -0.25) is 19.3 Å². The summed E-state index contributed by atoms with van der Waals surface area (Å²) in [6.45, 7) is 15.7. The number of esters is 1. The van der Waals surface area contributed by atoms with Crippen molar-refractivity contribution in [2.24, 2.45) is 10.8 Å². The molecule has 3 aliphatic rings. The number of hydrogen-bond donors (Lipinski definition) is 0. The third-order valence-electron chi connectivity index (χ3n) is 9.75. The van der Waals surface area contributed by atoms with Crippen LogP contribution in [0, 0.1) is 10.8 Å². The van der Waals surface area contributed by atoms with E-state index in [1.165, 1.54) is 17.9 Å². The maximum Gasteiger partial charge on any atom is 0.313 e. The van der Waals surface area contributed by atoms with E-state index in [0.29, 0.717) is 44.8 Å². The number of carbonyl (C=O) groups excluding carboxylic acids is 2. The van der Waals surface area contributed by atoms with Crippen LogP contribution >= 0.6 is 0 Å². The maximum absolute atomic E-state index is 13.8. The van der Waals surface area contributed by atoms with E-state index in [0.717, 1.165) is 18.5 Å². The van der Waals surface area contributed by atoms with Crippen molar-refractivity contribution in [2.45, 2.75) is 85.0 Å². The van der Waals surface area contributed by atoms with E-state index in [9.17, 15) is 14.4 Å². The molecule has 2 aliphatic heterocycles. The second kappa shape index (κ2) is 10.1. The maximum atomic E-state index is 13.8. The highest BCUT2D eigenvalue weighted by molar-refractivity contribution is 5.96. The van der Waals surface area contributed by atoms with Gasteiger partial charge in [0, 0.05) is 37.7 Å². The lowest BCUT2D eigenvalue weighted by atomic mass is 9.66. The fraction of sp³-hybridized carbons (Fsp3) is 0.594. The molecule has 2 atom stereocenters. The van der Waals surface area contributed by atoms with Gasteiger partial charge in [0.1, 0.15) is 18.6 Å². The van der Waals surface area contributed by atoms with Crippen LogP contribution in [0.3, 0.4) is 0 Å². The topological polar surface area (TPSA) is 89.3 Å². The van der Waals surface area contributed by atoms with Crippen molar-refractivity contribution in [3.63, 3.8) is 0 Å². The molecule has 0 N–H and O–H groups in total. The van der Waals surface area contributed by atoms with Crippen LogP contribution in [0.1, 0.15) is 77.7 Å². The van der Waals surface area contributed by atoms with Gasteiger partial charge in [0.25, 0.3) is 5.91 Å². The van der Waals surface area contributed by atoms with E-state index in [1.807, 2.05) is 37.8 Å². The quantitative estimate of drug-likeness (QED) is 0.483. The second-order valence-electron chi connectivity index (χ2n) is 13.4. The Hall–Kier alpha value is -3.13. The number of fused-ring (bicyclic) bond motifs is 2. The van der Waals surface area contributed by atoms with Crippen LogP contribution in [0.5, 0.6) is 5.75 Å². The minimum atomic E-state index is -1.08. The minimum absolute atomic E-state index is 0.0741. The number of nitrogens with zero attached hydrogens (tertiary/aromatic N) is 2. The summed E-state index contributed by atoms with van der Waals surface area (Å²) >= 11 is 0. The lowest BCUT2D eigenvalue weighted by Gasteiger charge is -2.38. The van der Waals surface area contributed by atoms with Gasteiger partial charge in [0.15, 0.2) is 5.60 Å². The first-order chi connectivity index (χ1) is 18.8. The smallest absolute Gasteiger partial charge is 0.313 e. The molecule has 1 aliphatic carbocycles. The Balaban J connectivity index is 1.17. The van der Waals surface area contributed by atoms with Gasteiger partial charge in [0.05, 0.1) is 12.0 Å². The Morgan fingerprint density at radius 2 is 1.73 bits per heavy atom. The SMILES string of the molecule is CC(C)(C)c1ccc(COc2coc(CN3CCCN(C(=O)C45CCC(C)(C(=O)O4)C5(C)C)CC3)cc2=O)cc1. The average molecular weight is 551 g/mol. The van der Waals surface area contributed by atoms with E-state index in [1.54, 1.807) is 0 Å². The molecule has 1 aromatic heterocycles. The van der Waals surface area contributed by atoms with Crippen molar-refractivity contribution >= 4 is 11.9 Å². The monoisotopic (exact) mass is 550 g/mol. The predicted octanol–water partition coefficient (Wildman–Crippen LogP) is 4.67. The van der Waals surface area contributed by atoms with Crippen molar-refractivity contribution in [1.82, 2.24) is 9.80 Å². The normalized spacial score (nSPS) is 26.4. The zero-order valence-electron chi connectivity index (χ0n) is 24.7. The number of amides is 1. The molecular weight excluding hydrogens is 508 g/mol. The highest BCUT2D eigenvalue weighted by atomic mass is 16.6. The summed E-state index contributed by atoms with van der Waals surface area (Å²) in [4.78, 5) is 43.2. The molecule has 3 fully saturated rings. The molecule has 8 nitrogen and oxygen atoms in total. The summed E-state index contributed by atoms with van der Waals surface area (Å²) in [7, 11) is 0. The zero-order chi connectivity index (χ0) is 28.9. The van der Waals surface area contributed by atoms with Gasteiger partial charge in [-0.15, -0.1) is 0 Å². The van der Waals surface area contributed by atoms with Crippen LogP contribution in [0.4, 0.5) is 0 Å². The van der Waals surface area contributed by atoms with Crippen molar-refractivity contribution in [2.75, 3.05) is 26.2 Å². The standard InChI is InChI=1S/C32H42N2O6/c1-29(2,3)23-10-8-22(9-11-23)20-39-26-21-38-24(18-25(26)35)19-33-14-7-15-34(17-16-33)27(36)32-13-12-31(6,28(37)40-32)30(32,4)5/h8-11,18,21H,7,12-17,19-20H2,1-6H3. The molecular formula is C32H42N2O6. The molecule has 2 aromatic rings. The number of hydrogen-bond acceptors (Lipinski definition) is 7. The van der Waals surface area contributed by atoms with Gasteiger partial charge in [-0.25, -0.2) is 0 Å². The summed E-state index contributed by atoms with van der Waals surface area (Å²) in [5.74, 6) is 0.417. The summed E-state index contributed by atoms with van der Waals surface area (Å²) in [5, 5.41) is 0. The third-order valence-corrected chi connectivity index (χ3v) is 9.75. The lowest BCUT2D eigenvalue weighted by Crippen LogP contribution is -2.55. The molecule has 1 saturated carbocycles. The Kier molecular flexibility index (Phi) is 7.14. The summed E-state index contributed by atoms with van der Waals surface area (Å²) in [5.41, 5.74) is -0.158. The van der Waals surface area contributed by atoms with Gasteiger partial charge < -0.3 is 18.8 Å². The number of rotatable bonds is 6. The van der Waals surface area contributed by atoms with Gasteiger partial charge in [-0.05, 0) is 42.7 Å². The molecule has 2 unspecified atom stereocenters. The van der Waals surface area contributed by atoms with E-state index >= 15 is 0 Å². The average Bonchev–Trinajstić information content (AvgIpc) is 3.08. The van der Waals surface area contributed by atoms with E-state index < -0.39 is 16.4 Å².